The molecule has 1 aromatic carbocycles. The lowest BCUT2D eigenvalue weighted by molar-refractivity contribution is -0.132. The van der Waals surface area contributed by atoms with E-state index in [4.69, 9.17) is 4.74 Å². The van der Waals surface area contributed by atoms with Gasteiger partial charge in [0.2, 0.25) is 0 Å². The summed E-state index contributed by atoms with van der Waals surface area (Å²) in [5.74, 6) is -0.792. The third-order valence-electron chi connectivity index (χ3n) is 5.12. The molecule has 1 fully saturated rings. The Labute approximate surface area is 173 Å². The van der Waals surface area contributed by atoms with Crippen LogP contribution in [0, 0.1) is 17.1 Å². The summed E-state index contributed by atoms with van der Waals surface area (Å²) < 4.78 is 20.3. The van der Waals surface area contributed by atoms with Gasteiger partial charge in [0.1, 0.15) is 18.0 Å². The number of fused-ring (bicyclic) bond motifs is 1. The number of aromatic nitrogens is 2. The fourth-order valence-electron chi connectivity index (χ4n) is 3.48. The number of carbonyl (C=O) groups excluding carboxylic acids is 1. The highest BCUT2D eigenvalue weighted by molar-refractivity contribution is 5.82. The molecule has 1 amide bonds. The van der Waals surface area contributed by atoms with Gasteiger partial charge in [-0.05, 0) is 42.3 Å². The number of aromatic amines is 1. The summed E-state index contributed by atoms with van der Waals surface area (Å²) in [5.41, 5.74) is 3.56. The monoisotopic (exact) mass is 407 g/mol. The van der Waals surface area contributed by atoms with Crippen LogP contribution in [0.4, 0.5) is 4.39 Å². The average Bonchev–Trinajstić information content (AvgIpc) is 3.05. The summed E-state index contributed by atoms with van der Waals surface area (Å²) in [5, 5.41) is 15.2. The molecule has 3 heterocycles. The number of hydrogen-bond acceptors (Lipinski definition) is 5. The van der Waals surface area contributed by atoms with Crippen LogP contribution in [-0.2, 0) is 16.0 Å². The summed E-state index contributed by atoms with van der Waals surface area (Å²) in [6.07, 6.45) is 3.75. The van der Waals surface area contributed by atoms with Crippen LogP contribution in [0.15, 0.2) is 42.7 Å². The molecule has 0 radical (unpaired) electrons. The van der Waals surface area contributed by atoms with E-state index >= 15 is 0 Å². The Morgan fingerprint density at radius 2 is 2.27 bits per heavy atom. The van der Waals surface area contributed by atoms with E-state index in [0.29, 0.717) is 24.3 Å². The molecule has 3 aromatic rings. The van der Waals surface area contributed by atoms with Gasteiger partial charge in [-0.25, -0.2) is 4.39 Å². The lowest BCUT2D eigenvalue weighted by Gasteiger charge is -2.18. The molecule has 0 unspecified atom stereocenters. The number of nitriles is 1. The predicted molar refractivity (Wildman–Crippen MR) is 110 cm³/mol. The van der Waals surface area contributed by atoms with Gasteiger partial charge in [0, 0.05) is 37.5 Å². The van der Waals surface area contributed by atoms with Gasteiger partial charge < -0.3 is 20.4 Å². The molecule has 154 valence electrons. The summed E-state index contributed by atoms with van der Waals surface area (Å²) in [4.78, 5) is 19.8. The molecule has 4 rings (SSSR count). The summed E-state index contributed by atoms with van der Waals surface area (Å²) in [7, 11) is 0. The maximum atomic E-state index is 14.7. The van der Waals surface area contributed by atoms with E-state index in [9.17, 15) is 14.4 Å². The van der Waals surface area contributed by atoms with Crippen LogP contribution in [0.1, 0.15) is 12.0 Å². The van der Waals surface area contributed by atoms with Gasteiger partial charge in [-0.3, -0.25) is 9.78 Å². The zero-order chi connectivity index (χ0) is 20.9. The predicted octanol–water partition coefficient (Wildman–Crippen LogP) is 2.30. The topological polar surface area (TPSA) is 103 Å². The fourth-order valence-corrected chi connectivity index (χ4v) is 3.48. The van der Waals surface area contributed by atoms with Crippen molar-refractivity contribution in [1.29, 1.82) is 5.26 Å². The van der Waals surface area contributed by atoms with Gasteiger partial charge in [-0.15, -0.1) is 0 Å². The van der Waals surface area contributed by atoms with Gasteiger partial charge >= 0.3 is 0 Å². The number of carbonyl (C=O) groups is 1. The molecule has 1 aliphatic heterocycles. The smallest absolute Gasteiger partial charge is 0.251 e. The molecule has 3 N–H and O–H groups in total. The van der Waals surface area contributed by atoms with Crippen LogP contribution in [0.5, 0.6) is 0 Å². The highest BCUT2D eigenvalue weighted by Gasteiger charge is 2.24. The number of benzene rings is 1. The SMILES string of the molecule is N#C[C@@H](Cc1ccc(-c2cnc3cc[nH]c3c2)cc1F)NC(=O)[C@@H]1CNCCCO1. The Morgan fingerprint density at radius 3 is 3.10 bits per heavy atom. The molecule has 0 saturated carbocycles. The van der Waals surface area contributed by atoms with E-state index < -0.39 is 18.0 Å². The summed E-state index contributed by atoms with van der Waals surface area (Å²) in [6.45, 7) is 1.67. The van der Waals surface area contributed by atoms with Crippen LogP contribution in [-0.4, -0.2) is 47.7 Å². The van der Waals surface area contributed by atoms with E-state index in [2.05, 4.69) is 20.6 Å². The number of hydrogen-bond donors (Lipinski definition) is 3. The first-order valence-electron chi connectivity index (χ1n) is 9.88. The van der Waals surface area contributed by atoms with Crippen molar-refractivity contribution in [1.82, 2.24) is 20.6 Å². The molecular weight excluding hydrogens is 385 g/mol. The lowest BCUT2D eigenvalue weighted by atomic mass is 10.0. The van der Waals surface area contributed by atoms with E-state index in [1.165, 1.54) is 6.07 Å². The van der Waals surface area contributed by atoms with Gasteiger partial charge in [0.05, 0.1) is 17.1 Å². The molecule has 0 bridgehead atoms. The summed E-state index contributed by atoms with van der Waals surface area (Å²) >= 11 is 0. The second-order valence-electron chi connectivity index (χ2n) is 7.25. The molecule has 0 aliphatic carbocycles. The van der Waals surface area contributed by atoms with Gasteiger partial charge in [0.15, 0.2) is 0 Å². The minimum absolute atomic E-state index is 0.0718. The number of pyridine rings is 1. The first kappa shape index (κ1) is 20.0. The number of nitrogens with one attached hydrogen (secondary N) is 3. The van der Waals surface area contributed by atoms with Crippen LogP contribution >= 0.6 is 0 Å². The van der Waals surface area contributed by atoms with Crippen LogP contribution in [0.2, 0.25) is 0 Å². The van der Waals surface area contributed by atoms with Crippen LogP contribution in [0.3, 0.4) is 0 Å². The molecule has 1 aliphatic rings. The van der Waals surface area contributed by atoms with Crippen molar-refractivity contribution < 1.29 is 13.9 Å². The molecule has 0 spiro atoms. The zero-order valence-electron chi connectivity index (χ0n) is 16.3. The van der Waals surface area contributed by atoms with Crippen LogP contribution in [0.25, 0.3) is 22.2 Å². The van der Waals surface area contributed by atoms with Gasteiger partial charge in [-0.2, -0.15) is 5.26 Å². The standard InChI is InChI=1S/C22H22FN5O2/c23-18-9-14(16-10-20-19(27-12-16)4-6-26-20)2-3-15(18)8-17(11-24)28-22(29)21-13-25-5-1-7-30-21/h2-4,6,9-10,12,17,21,25-26H,1,5,7-8,13H2,(H,28,29)/t17-,21+/m1/s1. The minimum atomic E-state index is -0.846. The molecule has 30 heavy (non-hydrogen) atoms. The molecule has 8 heteroatoms. The molecule has 7 nitrogen and oxygen atoms in total. The van der Waals surface area contributed by atoms with E-state index in [1.807, 2.05) is 18.2 Å². The van der Waals surface area contributed by atoms with Gasteiger partial charge in [0.25, 0.3) is 5.91 Å². The van der Waals surface area contributed by atoms with E-state index in [0.717, 1.165) is 29.6 Å². The number of rotatable bonds is 5. The Balaban J connectivity index is 1.45. The Morgan fingerprint density at radius 1 is 1.37 bits per heavy atom. The molecular formula is C22H22FN5O2. The van der Waals surface area contributed by atoms with Crippen molar-refractivity contribution in [2.24, 2.45) is 0 Å². The normalized spacial score (nSPS) is 17.8. The zero-order valence-corrected chi connectivity index (χ0v) is 16.3. The molecule has 2 atom stereocenters. The highest BCUT2D eigenvalue weighted by Crippen LogP contribution is 2.24. The second-order valence-corrected chi connectivity index (χ2v) is 7.25. The molecule has 1 saturated heterocycles. The van der Waals surface area contributed by atoms with Crippen molar-refractivity contribution in [3.8, 4) is 17.2 Å². The quantitative estimate of drug-likeness (QED) is 0.602. The second kappa shape index (κ2) is 9.03. The van der Waals surface area contributed by atoms with Crippen molar-refractivity contribution in [3.63, 3.8) is 0 Å². The first-order chi connectivity index (χ1) is 14.6. The number of ether oxygens (including phenoxy) is 1. The number of H-pyrrole nitrogens is 1. The highest BCUT2D eigenvalue weighted by atomic mass is 19.1. The average molecular weight is 407 g/mol. The van der Waals surface area contributed by atoms with Crippen molar-refractivity contribution >= 4 is 16.9 Å². The summed E-state index contributed by atoms with van der Waals surface area (Å²) in [6, 6.07) is 9.83. The lowest BCUT2D eigenvalue weighted by Crippen LogP contribution is -2.46. The number of amides is 1. The van der Waals surface area contributed by atoms with Crippen molar-refractivity contribution in [3.05, 3.63) is 54.1 Å². The molecule has 2 aromatic heterocycles. The third-order valence-corrected chi connectivity index (χ3v) is 5.12. The van der Waals surface area contributed by atoms with E-state index in [-0.39, 0.29) is 12.3 Å². The third kappa shape index (κ3) is 4.48. The van der Waals surface area contributed by atoms with Crippen molar-refractivity contribution in [2.45, 2.75) is 25.0 Å². The Kier molecular flexibility index (Phi) is 6.02. The maximum Gasteiger partial charge on any atom is 0.251 e. The maximum absolute atomic E-state index is 14.7. The first-order valence-corrected chi connectivity index (χ1v) is 9.88. The van der Waals surface area contributed by atoms with E-state index in [1.54, 1.807) is 24.5 Å². The number of halogens is 1. The Hall–Kier alpha value is -3.28. The van der Waals surface area contributed by atoms with Crippen molar-refractivity contribution in [2.75, 3.05) is 19.7 Å². The largest absolute Gasteiger partial charge is 0.367 e. The minimum Gasteiger partial charge on any atom is -0.367 e. The van der Waals surface area contributed by atoms with Gasteiger partial charge in [-0.1, -0.05) is 12.1 Å². The number of nitrogens with zero attached hydrogens (tertiary/aromatic N) is 2. The Bertz CT molecular complexity index is 1080. The fraction of sp³-hybridized carbons (Fsp3) is 0.318. The van der Waals surface area contributed by atoms with Crippen LogP contribution < -0.4 is 10.6 Å².